The number of nitrogens with one attached hydrogen (secondary N) is 2. The Labute approximate surface area is 181 Å². The lowest BCUT2D eigenvalue weighted by Crippen LogP contribution is -2.34. The van der Waals surface area contributed by atoms with Gasteiger partial charge >= 0.3 is 5.97 Å². The number of carbonyl (C=O) groups excluding carboxylic acids is 2. The van der Waals surface area contributed by atoms with Crippen molar-refractivity contribution >= 4 is 33.7 Å². The van der Waals surface area contributed by atoms with Gasteiger partial charge in [0.25, 0.3) is 5.91 Å². The molecule has 0 bridgehead atoms. The first-order chi connectivity index (χ1) is 14.2. The highest BCUT2D eigenvalue weighted by atomic mass is 32.2. The molecule has 0 fully saturated rings. The molecule has 0 heterocycles. The van der Waals surface area contributed by atoms with Crippen LogP contribution in [0.5, 0.6) is 0 Å². The fourth-order valence-electron chi connectivity index (χ4n) is 2.36. The molecule has 0 aliphatic heterocycles. The van der Waals surface area contributed by atoms with Crippen molar-refractivity contribution in [2.45, 2.75) is 30.6 Å². The van der Waals surface area contributed by atoms with E-state index in [0.29, 0.717) is 12.3 Å². The molecule has 0 aliphatic rings. The highest BCUT2D eigenvalue weighted by Gasteiger charge is 2.17. The molecule has 0 saturated heterocycles. The molecule has 30 heavy (non-hydrogen) atoms. The standard InChI is InChI=1S/C21H26N2O5S2/c1-15-4-7-18(8-5-15)29-11-10-22-20(24)14-28-21(25)13-23-30(26,27)19-9-6-16(2)17(3)12-19/h4-9,12,23H,10-11,13-14H2,1-3H3,(H,22,24). The summed E-state index contributed by atoms with van der Waals surface area (Å²) in [5.74, 6) is -0.588. The van der Waals surface area contributed by atoms with Gasteiger partial charge in [0, 0.05) is 17.2 Å². The van der Waals surface area contributed by atoms with E-state index in [2.05, 4.69) is 10.0 Å². The zero-order valence-electron chi connectivity index (χ0n) is 17.2. The fraction of sp³-hybridized carbons (Fsp3) is 0.333. The summed E-state index contributed by atoms with van der Waals surface area (Å²) in [5.41, 5.74) is 2.99. The summed E-state index contributed by atoms with van der Waals surface area (Å²) >= 11 is 1.61. The predicted molar refractivity (Wildman–Crippen MR) is 117 cm³/mol. The zero-order valence-corrected chi connectivity index (χ0v) is 18.9. The third-order valence-electron chi connectivity index (χ3n) is 4.27. The van der Waals surface area contributed by atoms with E-state index in [1.165, 1.54) is 17.7 Å². The molecule has 0 saturated carbocycles. The van der Waals surface area contributed by atoms with Gasteiger partial charge in [0.15, 0.2) is 6.61 Å². The Bertz CT molecular complexity index is 989. The van der Waals surface area contributed by atoms with Gasteiger partial charge in [-0.1, -0.05) is 23.8 Å². The van der Waals surface area contributed by atoms with Crippen LogP contribution in [0.2, 0.25) is 0 Å². The van der Waals surface area contributed by atoms with Gasteiger partial charge in [0.1, 0.15) is 6.54 Å². The van der Waals surface area contributed by atoms with E-state index in [1.54, 1.807) is 24.8 Å². The third kappa shape index (κ3) is 7.81. The Morgan fingerprint density at radius 3 is 2.37 bits per heavy atom. The van der Waals surface area contributed by atoms with Crippen molar-refractivity contribution in [3.63, 3.8) is 0 Å². The Balaban J connectivity index is 1.66. The number of amides is 1. The summed E-state index contributed by atoms with van der Waals surface area (Å²) in [7, 11) is -3.83. The normalized spacial score (nSPS) is 11.2. The number of aryl methyl sites for hydroxylation is 3. The van der Waals surface area contributed by atoms with Crippen LogP contribution < -0.4 is 10.0 Å². The third-order valence-corrected chi connectivity index (χ3v) is 6.69. The van der Waals surface area contributed by atoms with Crippen LogP contribution in [0, 0.1) is 20.8 Å². The number of benzene rings is 2. The number of thioether (sulfide) groups is 1. The highest BCUT2D eigenvalue weighted by molar-refractivity contribution is 7.99. The van der Waals surface area contributed by atoms with Crippen LogP contribution in [0.4, 0.5) is 0 Å². The lowest BCUT2D eigenvalue weighted by atomic mass is 10.1. The predicted octanol–water partition coefficient (Wildman–Crippen LogP) is 2.34. The summed E-state index contributed by atoms with van der Waals surface area (Å²) in [4.78, 5) is 24.7. The van der Waals surface area contributed by atoms with E-state index in [0.717, 1.165) is 16.0 Å². The highest BCUT2D eigenvalue weighted by Crippen LogP contribution is 2.17. The van der Waals surface area contributed by atoms with Gasteiger partial charge in [0.2, 0.25) is 10.0 Å². The molecule has 1 amide bonds. The van der Waals surface area contributed by atoms with Crippen LogP contribution in [0.1, 0.15) is 16.7 Å². The molecule has 162 valence electrons. The second-order valence-electron chi connectivity index (χ2n) is 6.74. The van der Waals surface area contributed by atoms with Crippen molar-refractivity contribution < 1.29 is 22.7 Å². The van der Waals surface area contributed by atoms with Crippen LogP contribution >= 0.6 is 11.8 Å². The van der Waals surface area contributed by atoms with Crippen LogP contribution in [-0.4, -0.2) is 45.7 Å². The minimum atomic E-state index is -3.83. The number of ether oxygens (including phenoxy) is 1. The molecule has 0 aromatic heterocycles. The smallest absolute Gasteiger partial charge is 0.321 e. The summed E-state index contributed by atoms with van der Waals surface area (Å²) in [6.07, 6.45) is 0. The maximum atomic E-state index is 12.2. The maximum absolute atomic E-state index is 12.2. The average molecular weight is 451 g/mol. The first-order valence-electron chi connectivity index (χ1n) is 9.36. The molecule has 0 radical (unpaired) electrons. The molecule has 0 spiro atoms. The fourth-order valence-corrected chi connectivity index (χ4v) is 4.18. The van der Waals surface area contributed by atoms with Crippen molar-refractivity contribution in [2.75, 3.05) is 25.4 Å². The molecule has 0 unspecified atom stereocenters. The molecule has 2 aromatic rings. The number of rotatable bonds is 10. The Kier molecular flexibility index (Phi) is 8.88. The molecular formula is C21H26N2O5S2. The monoisotopic (exact) mass is 450 g/mol. The number of esters is 1. The minimum absolute atomic E-state index is 0.0715. The molecule has 0 atom stereocenters. The minimum Gasteiger partial charge on any atom is -0.455 e. The Hall–Kier alpha value is -2.36. The van der Waals surface area contributed by atoms with Crippen molar-refractivity contribution in [1.29, 1.82) is 0 Å². The van der Waals surface area contributed by atoms with Crippen molar-refractivity contribution in [1.82, 2.24) is 10.0 Å². The topological polar surface area (TPSA) is 102 Å². The van der Waals surface area contributed by atoms with E-state index in [9.17, 15) is 18.0 Å². The van der Waals surface area contributed by atoms with E-state index < -0.39 is 35.1 Å². The van der Waals surface area contributed by atoms with Gasteiger partial charge in [-0.25, -0.2) is 8.42 Å². The lowest BCUT2D eigenvalue weighted by molar-refractivity contribution is -0.147. The summed E-state index contributed by atoms with van der Waals surface area (Å²) in [6.45, 7) is 5.12. The van der Waals surface area contributed by atoms with E-state index in [4.69, 9.17) is 4.74 Å². The quantitative estimate of drug-likeness (QED) is 0.327. The maximum Gasteiger partial charge on any atom is 0.321 e. The van der Waals surface area contributed by atoms with Gasteiger partial charge in [-0.05, 0) is 56.2 Å². The van der Waals surface area contributed by atoms with Gasteiger partial charge in [-0.2, -0.15) is 4.72 Å². The average Bonchev–Trinajstić information content (AvgIpc) is 2.71. The molecule has 2 N–H and O–H groups in total. The first kappa shape index (κ1) is 23.9. The number of hydrogen-bond acceptors (Lipinski definition) is 6. The largest absolute Gasteiger partial charge is 0.455 e. The number of carbonyl (C=O) groups is 2. The molecular weight excluding hydrogens is 424 g/mol. The second kappa shape index (κ2) is 11.1. The summed E-state index contributed by atoms with van der Waals surface area (Å²) in [5, 5.41) is 2.65. The Morgan fingerprint density at radius 2 is 1.70 bits per heavy atom. The van der Waals surface area contributed by atoms with Crippen LogP contribution in [-0.2, 0) is 24.3 Å². The summed E-state index contributed by atoms with van der Waals surface area (Å²) in [6, 6.07) is 12.8. The van der Waals surface area contributed by atoms with Gasteiger partial charge in [0.05, 0.1) is 4.90 Å². The second-order valence-corrected chi connectivity index (χ2v) is 9.68. The number of hydrogen-bond donors (Lipinski definition) is 2. The van der Waals surface area contributed by atoms with Crippen LogP contribution in [0.3, 0.4) is 0 Å². The van der Waals surface area contributed by atoms with Crippen molar-refractivity contribution in [2.24, 2.45) is 0 Å². The first-order valence-corrected chi connectivity index (χ1v) is 11.8. The molecule has 2 rings (SSSR count). The molecule has 2 aromatic carbocycles. The summed E-state index contributed by atoms with van der Waals surface area (Å²) < 4.78 is 31.5. The van der Waals surface area contributed by atoms with E-state index in [-0.39, 0.29) is 4.90 Å². The number of sulfonamides is 1. The molecule has 0 aliphatic carbocycles. The van der Waals surface area contributed by atoms with Gasteiger partial charge < -0.3 is 10.1 Å². The molecule has 7 nitrogen and oxygen atoms in total. The zero-order chi connectivity index (χ0) is 22.1. The van der Waals surface area contributed by atoms with Crippen LogP contribution in [0.25, 0.3) is 0 Å². The lowest BCUT2D eigenvalue weighted by Gasteiger charge is -2.09. The van der Waals surface area contributed by atoms with Crippen molar-refractivity contribution in [3.05, 3.63) is 59.2 Å². The molecule has 9 heteroatoms. The van der Waals surface area contributed by atoms with Gasteiger partial charge in [-0.3, -0.25) is 9.59 Å². The van der Waals surface area contributed by atoms with Crippen LogP contribution in [0.15, 0.2) is 52.3 Å². The van der Waals surface area contributed by atoms with Crippen molar-refractivity contribution in [3.8, 4) is 0 Å². The van der Waals surface area contributed by atoms with E-state index in [1.807, 2.05) is 38.1 Å². The SMILES string of the molecule is Cc1ccc(SCCNC(=O)COC(=O)CNS(=O)(=O)c2ccc(C)c(C)c2)cc1. The Morgan fingerprint density at radius 1 is 1.00 bits per heavy atom. The van der Waals surface area contributed by atoms with E-state index >= 15 is 0 Å². The van der Waals surface area contributed by atoms with Gasteiger partial charge in [-0.15, -0.1) is 11.8 Å².